The van der Waals surface area contributed by atoms with Crippen LogP contribution in [0.25, 0.3) is 0 Å². The second-order valence-electron chi connectivity index (χ2n) is 10.1. The molecule has 2 heterocycles. The number of carbonyl (C=O) groups is 1. The van der Waals surface area contributed by atoms with Gasteiger partial charge in [0.05, 0.1) is 12.6 Å². The van der Waals surface area contributed by atoms with Crippen LogP contribution in [0.4, 0.5) is 0 Å². The third kappa shape index (κ3) is 5.90. The summed E-state index contributed by atoms with van der Waals surface area (Å²) in [6.07, 6.45) is 0.845. The summed E-state index contributed by atoms with van der Waals surface area (Å²) in [5, 5.41) is 11.1. The SMILES string of the molecule is Cc1cc(C(N[S+]([O-])C(C)(C)C)C2CCN(C(=O)[C@H]3COC(C)(C)O3)CC2)c(O)cc1Cl. The molecule has 2 fully saturated rings. The van der Waals surface area contributed by atoms with Gasteiger partial charge in [-0.15, -0.1) is 4.72 Å². The molecular weight excluding hydrogens is 452 g/mol. The van der Waals surface area contributed by atoms with Crippen molar-refractivity contribution in [2.24, 2.45) is 5.92 Å². The Hall–Kier alpha value is -1.03. The van der Waals surface area contributed by atoms with E-state index in [0.717, 1.165) is 5.56 Å². The van der Waals surface area contributed by atoms with Crippen molar-refractivity contribution in [2.45, 2.75) is 77.1 Å². The second kappa shape index (κ2) is 9.68. The zero-order chi connectivity index (χ0) is 23.8. The molecule has 3 rings (SSSR count). The van der Waals surface area contributed by atoms with Gasteiger partial charge in [0.25, 0.3) is 5.91 Å². The van der Waals surface area contributed by atoms with Crippen LogP contribution in [-0.2, 0) is 25.6 Å². The number of aryl methyl sites for hydroxylation is 1. The smallest absolute Gasteiger partial charge is 0.254 e. The number of nitrogens with zero attached hydrogens (tertiary/aromatic N) is 1. The number of phenolic OH excluding ortho intramolecular Hbond substituents is 1. The molecule has 1 aromatic rings. The van der Waals surface area contributed by atoms with Gasteiger partial charge in [-0.25, -0.2) is 0 Å². The summed E-state index contributed by atoms with van der Waals surface area (Å²) >= 11 is 4.86. The van der Waals surface area contributed by atoms with Crippen LogP contribution >= 0.6 is 11.6 Å². The van der Waals surface area contributed by atoms with Crippen molar-refractivity contribution in [1.29, 1.82) is 0 Å². The summed E-state index contributed by atoms with van der Waals surface area (Å²) in [7, 11) is 0. The number of benzene rings is 1. The lowest BCUT2D eigenvalue weighted by Crippen LogP contribution is -2.48. The minimum Gasteiger partial charge on any atom is -0.598 e. The number of halogens is 1. The van der Waals surface area contributed by atoms with Crippen LogP contribution < -0.4 is 4.72 Å². The fourth-order valence-electron chi connectivity index (χ4n) is 4.11. The van der Waals surface area contributed by atoms with Gasteiger partial charge in [0, 0.05) is 35.0 Å². The van der Waals surface area contributed by atoms with Crippen LogP contribution in [0.5, 0.6) is 5.75 Å². The molecule has 1 amide bonds. The maximum absolute atomic E-state index is 13.0. The Morgan fingerprint density at radius 1 is 1.34 bits per heavy atom. The molecule has 2 saturated heterocycles. The van der Waals surface area contributed by atoms with Crippen molar-refractivity contribution in [3.8, 4) is 5.75 Å². The highest BCUT2D eigenvalue weighted by Crippen LogP contribution is 2.39. The molecular formula is C23H35ClN2O5S. The average Bonchev–Trinajstić information content (AvgIpc) is 3.07. The third-order valence-corrected chi connectivity index (χ3v) is 8.03. The number of nitrogens with one attached hydrogen (secondary N) is 1. The van der Waals surface area contributed by atoms with Crippen LogP contribution in [0.1, 0.15) is 64.6 Å². The third-order valence-electron chi connectivity index (χ3n) is 6.04. The number of phenols is 1. The molecule has 0 spiro atoms. The van der Waals surface area contributed by atoms with E-state index in [2.05, 4.69) is 4.72 Å². The first-order valence-electron chi connectivity index (χ1n) is 11.1. The number of hydrogen-bond acceptors (Lipinski definition) is 6. The van der Waals surface area contributed by atoms with E-state index in [1.807, 2.05) is 38.7 Å². The molecule has 2 unspecified atom stereocenters. The summed E-state index contributed by atoms with van der Waals surface area (Å²) in [4.78, 5) is 14.7. The molecule has 180 valence electrons. The van der Waals surface area contributed by atoms with Crippen LogP contribution in [0, 0.1) is 12.8 Å². The molecule has 0 bridgehead atoms. The van der Waals surface area contributed by atoms with E-state index >= 15 is 0 Å². The number of carbonyl (C=O) groups excluding carboxylic acids is 1. The topological polar surface area (TPSA) is 94.1 Å². The fourth-order valence-corrected chi connectivity index (χ4v) is 5.18. The number of amides is 1. The fraction of sp³-hybridized carbons (Fsp3) is 0.696. The van der Waals surface area contributed by atoms with E-state index in [1.165, 1.54) is 0 Å². The molecule has 0 aromatic heterocycles. The molecule has 0 aliphatic carbocycles. The Morgan fingerprint density at radius 3 is 2.50 bits per heavy atom. The molecule has 2 aliphatic rings. The van der Waals surface area contributed by atoms with Gasteiger partial charge in [-0.05, 0) is 78.0 Å². The monoisotopic (exact) mass is 486 g/mol. The number of rotatable bonds is 5. The lowest BCUT2D eigenvalue weighted by molar-refractivity contribution is -0.161. The summed E-state index contributed by atoms with van der Waals surface area (Å²) in [5.74, 6) is -0.619. The van der Waals surface area contributed by atoms with E-state index in [0.29, 0.717) is 36.5 Å². The highest BCUT2D eigenvalue weighted by molar-refractivity contribution is 7.90. The molecule has 2 N–H and O–H groups in total. The number of aromatic hydroxyl groups is 1. The number of hydrogen-bond donors (Lipinski definition) is 2. The van der Waals surface area contributed by atoms with Gasteiger partial charge in [0.1, 0.15) is 10.5 Å². The molecule has 3 atom stereocenters. The predicted molar refractivity (Wildman–Crippen MR) is 126 cm³/mol. The van der Waals surface area contributed by atoms with Gasteiger partial charge in [-0.2, -0.15) is 0 Å². The predicted octanol–water partition coefficient (Wildman–Crippen LogP) is 3.84. The largest absolute Gasteiger partial charge is 0.598 e. The average molecular weight is 487 g/mol. The molecule has 32 heavy (non-hydrogen) atoms. The van der Waals surface area contributed by atoms with E-state index in [1.54, 1.807) is 19.9 Å². The van der Waals surface area contributed by atoms with Crippen molar-refractivity contribution < 1.29 is 23.9 Å². The van der Waals surface area contributed by atoms with Crippen molar-refractivity contribution in [2.75, 3.05) is 19.7 Å². The molecule has 0 radical (unpaired) electrons. The zero-order valence-corrected chi connectivity index (χ0v) is 21.3. The summed E-state index contributed by atoms with van der Waals surface area (Å²) < 4.78 is 27.0. The molecule has 1 aromatic carbocycles. The highest BCUT2D eigenvalue weighted by Gasteiger charge is 2.41. The van der Waals surface area contributed by atoms with Gasteiger partial charge in [-0.1, -0.05) is 11.6 Å². The second-order valence-corrected chi connectivity index (χ2v) is 12.5. The van der Waals surface area contributed by atoms with E-state index in [4.69, 9.17) is 21.1 Å². The maximum atomic E-state index is 13.0. The molecule has 2 aliphatic heterocycles. The Kier molecular flexibility index (Phi) is 7.74. The number of likely N-dealkylation sites (tertiary alicyclic amines) is 1. The normalized spacial score (nSPS) is 23.9. The molecule has 0 saturated carbocycles. The van der Waals surface area contributed by atoms with Crippen molar-refractivity contribution in [3.63, 3.8) is 0 Å². The van der Waals surface area contributed by atoms with Crippen molar-refractivity contribution in [3.05, 3.63) is 28.3 Å². The Balaban J connectivity index is 1.75. The van der Waals surface area contributed by atoms with Gasteiger partial charge in [-0.3, -0.25) is 4.79 Å². The Morgan fingerprint density at radius 2 is 1.97 bits per heavy atom. The number of piperidine rings is 1. The minimum absolute atomic E-state index is 0.0537. The van der Waals surface area contributed by atoms with Crippen LogP contribution in [0.15, 0.2) is 12.1 Å². The Labute approximate surface area is 199 Å². The lowest BCUT2D eigenvalue weighted by Gasteiger charge is -2.38. The first-order valence-corrected chi connectivity index (χ1v) is 12.6. The maximum Gasteiger partial charge on any atom is 0.254 e. The van der Waals surface area contributed by atoms with Crippen LogP contribution in [0.2, 0.25) is 5.02 Å². The van der Waals surface area contributed by atoms with Gasteiger partial charge in [0.2, 0.25) is 0 Å². The quantitative estimate of drug-likeness (QED) is 0.614. The lowest BCUT2D eigenvalue weighted by atomic mass is 9.85. The summed E-state index contributed by atoms with van der Waals surface area (Å²) in [6, 6.07) is 3.07. The summed E-state index contributed by atoms with van der Waals surface area (Å²) in [5.41, 5.74) is 1.53. The van der Waals surface area contributed by atoms with Gasteiger partial charge >= 0.3 is 0 Å². The van der Waals surface area contributed by atoms with E-state index < -0.39 is 28.0 Å². The molecule has 7 nitrogen and oxygen atoms in total. The van der Waals surface area contributed by atoms with Gasteiger partial charge < -0.3 is 24.0 Å². The minimum atomic E-state index is -1.33. The first-order chi connectivity index (χ1) is 14.8. The number of ether oxygens (including phenoxy) is 2. The van der Waals surface area contributed by atoms with Crippen molar-refractivity contribution in [1.82, 2.24) is 9.62 Å². The van der Waals surface area contributed by atoms with E-state index in [9.17, 15) is 14.5 Å². The van der Waals surface area contributed by atoms with Crippen molar-refractivity contribution >= 4 is 28.9 Å². The highest BCUT2D eigenvalue weighted by atomic mass is 35.5. The van der Waals surface area contributed by atoms with Crippen LogP contribution in [0.3, 0.4) is 0 Å². The zero-order valence-electron chi connectivity index (χ0n) is 19.7. The standard InChI is InChI=1S/C23H35ClN2O5S/c1-14-11-16(18(27)12-17(14)24)20(25-32(29)22(2,3)4)15-7-9-26(10-8-15)21(28)19-13-30-23(5,6)31-19/h11-12,15,19-20,25,27H,7-10,13H2,1-6H3/t19-,20?,32?/m1/s1. The van der Waals surface area contributed by atoms with E-state index in [-0.39, 0.29) is 30.2 Å². The van der Waals surface area contributed by atoms with Crippen LogP contribution in [-0.4, -0.2) is 56.8 Å². The Bertz CT molecular complexity index is 836. The first kappa shape index (κ1) is 25.6. The summed E-state index contributed by atoms with van der Waals surface area (Å²) in [6.45, 7) is 12.6. The molecule has 9 heteroatoms. The van der Waals surface area contributed by atoms with Gasteiger partial charge in [0.15, 0.2) is 11.9 Å².